The zero-order valence-electron chi connectivity index (χ0n) is 15.9. The van der Waals surface area contributed by atoms with Gasteiger partial charge in [-0.25, -0.2) is 4.98 Å². The molecule has 3 aromatic rings. The van der Waals surface area contributed by atoms with Gasteiger partial charge in [-0.3, -0.25) is 9.59 Å². The van der Waals surface area contributed by atoms with Crippen molar-refractivity contribution in [1.29, 1.82) is 0 Å². The highest BCUT2D eigenvalue weighted by Gasteiger charge is 2.10. The van der Waals surface area contributed by atoms with Gasteiger partial charge in [0, 0.05) is 31.4 Å². The standard InChI is InChI=1S/C22H24N2O3S/c1-2-27-17-11-9-16(10-12-17)19(25)13-14-21(26)23-15-5-8-22-24-18-6-3-4-7-20(18)28-22/h3-4,6-7,9-12H,2,5,8,13-15H2,1H3,(H,23,26). The Labute approximate surface area is 168 Å². The van der Waals surface area contributed by atoms with Gasteiger partial charge in [-0.15, -0.1) is 11.3 Å². The molecule has 1 N–H and O–H groups in total. The number of thiazole rings is 1. The minimum absolute atomic E-state index is 0.0346. The van der Waals surface area contributed by atoms with E-state index in [-0.39, 0.29) is 24.5 Å². The molecule has 0 aliphatic carbocycles. The van der Waals surface area contributed by atoms with Crippen LogP contribution >= 0.6 is 11.3 Å². The molecule has 3 rings (SSSR count). The molecule has 0 radical (unpaired) electrons. The Morgan fingerprint density at radius 2 is 1.86 bits per heavy atom. The summed E-state index contributed by atoms with van der Waals surface area (Å²) in [4.78, 5) is 28.8. The second kappa shape index (κ2) is 9.99. The molecule has 5 nitrogen and oxygen atoms in total. The summed E-state index contributed by atoms with van der Waals surface area (Å²) in [5.41, 5.74) is 1.63. The molecule has 28 heavy (non-hydrogen) atoms. The smallest absolute Gasteiger partial charge is 0.220 e. The molecule has 0 aliphatic rings. The van der Waals surface area contributed by atoms with E-state index in [9.17, 15) is 9.59 Å². The monoisotopic (exact) mass is 396 g/mol. The van der Waals surface area contributed by atoms with Crippen molar-refractivity contribution in [2.45, 2.75) is 32.6 Å². The van der Waals surface area contributed by atoms with Crippen molar-refractivity contribution in [2.75, 3.05) is 13.2 Å². The maximum Gasteiger partial charge on any atom is 0.220 e. The topological polar surface area (TPSA) is 68.3 Å². The van der Waals surface area contributed by atoms with Crippen LogP contribution in [0.2, 0.25) is 0 Å². The van der Waals surface area contributed by atoms with Crippen LogP contribution in [0.1, 0.15) is 41.6 Å². The molecule has 0 aliphatic heterocycles. The molecule has 2 aromatic carbocycles. The molecule has 6 heteroatoms. The summed E-state index contributed by atoms with van der Waals surface area (Å²) in [7, 11) is 0. The fraction of sp³-hybridized carbons (Fsp3) is 0.318. The van der Waals surface area contributed by atoms with E-state index >= 15 is 0 Å². The highest BCUT2D eigenvalue weighted by atomic mass is 32.1. The molecule has 0 atom stereocenters. The fourth-order valence-corrected chi connectivity index (χ4v) is 3.87. The van der Waals surface area contributed by atoms with Gasteiger partial charge in [0.1, 0.15) is 5.75 Å². The third-order valence-electron chi connectivity index (χ3n) is 4.29. The number of carbonyl (C=O) groups excluding carboxylic acids is 2. The van der Waals surface area contributed by atoms with Gasteiger partial charge >= 0.3 is 0 Å². The van der Waals surface area contributed by atoms with E-state index in [1.54, 1.807) is 35.6 Å². The van der Waals surface area contributed by atoms with Crippen LogP contribution in [0.25, 0.3) is 10.2 Å². The number of aryl methyl sites for hydroxylation is 1. The molecule has 1 aromatic heterocycles. The summed E-state index contributed by atoms with van der Waals surface area (Å²) in [6.45, 7) is 3.09. The lowest BCUT2D eigenvalue weighted by molar-refractivity contribution is -0.121. The highest BCUT2D eigenvalue weighted by Crippen LogP contribution is 2.22. The summed E-state index contributed by atoms with van der Waals surface area (Å²) in [6.07, 6.45) is 2.08. The SMILES string of the molecule is CCOc1ccc(C(=O)CCC(=O)NCCCc2nc3ccccc3s2)cc1. The molecule has 1 amide bonds. The van der Waals surface area contributed by atoms with Crippen molar-refractivity contribution < 1.29 is 14.3 Å². The number of hydrogen-bond donors (Lipinski definition) is 1. The number of amides is 1. The largest absolute Gasteiger partial charge is 0.494 e. The van der Waals surface area contributed by atoms with Crippen LogP contribution in [0, 0.1) is 0 Å². The predicted molar refractivity (Wildman–Crippen MR) is 112 cm³/mol. The number of fused-ring (bicyclic) bond motifs is 1. The number of carbonyl (C=O) groups is 2. The zero-order chi connectivity index (χ0) is 19.8. The number of nitrogens with one attached hydrogen (secondary N) is 1. The molecule has 0 unspecified atom stereocenters. The Morgan fingerprint density at radius 3 is 2.61 bits per heavy atom. The Kier molecular flexibility index (Phi) is 7.14. The molecule has 0 saturated heterocycles. The van der Waals surface area contributed by atoms with Crippen molar-refractivity contribution in [3.63, 3.8) is 0 Å². The lowest BCUT2D eigenvalue weighted by atomic mass is 10.1. The first kappa shape index (κ1) is 20.0. The average molecular weight is 397 g/mol. The van der Waals surface area contributed by atoms with Gasteiger partial charge in [0.25, 0.3) is 0 Å². The van der Waals surface area contributed by atoms with E-state index in [0.29, 0.717) is 18.7 Å². The number of rotatable bonds is 10. The van der Waals surface area contributed by atoms with Crippen LogP contribution in [0.5, 0.6) is 5.75 Å². The normalized spacial score (nSPS) is 10.8. The number of nitrogens with zero attached hydrogens (tertiary/aromatic N) is 1. The van der Waals surface area contributed by atoms with E-state index in [0.717, 1.165) is 29.1 Å². The van der Waals surface area contributed by atoms with Crippen molar-refractivity contribution in [3.8, 4) is 5.75 Å². The molecule has 0 saturated carbocycles. The van der Waals surface area contributed by atoms with Gasteiger partial charge in [0.2, 0.25) is 5.91 Å². The predicted octanol–water partition coefficient (Wildman–Crippen LogP) is 4.41. The second-order valence-electron chi connectivity index (χ2n) is 6.41. The number of benzene rings is 2. The van der Waals surface area contributed by atoms with Crippen LogP contribution in [0.4, 0.5) is 0 Å². The number of hydrogen-bond acceptors (Lipinski definition) is 5. The van der Waals surface area contributed by atoms with Gasteiger partial charge in [0.05, 0.1) is 21.8 Å². The van der Waals surface area contributed by atoms with Crippen LogP contribution < -0.4 is 10.1 Å². The minimum atomic E-state index is -0.0939. The van der Waals surface area contributed by atoms with Gasteiger partial charge in [-0.2, -0.15) is 0 Å². The molecule has 0 spiro atoms. The zero-order valence-corrected chi connectivity index (χ0v) is 16.8. The summed E-state index contributed by atoms with van der Waals surface area (Å²) < 4.78 is 6.55. The summed E-state index contributed by atoms with van der Waals surface area (Å²) in [5.74, 6) is 0.612. The van der Waals surface area contributed by atoms with Crippen LogP contribution in [0.3, 0.4) is 0 Å². The molecule has 146 valence electrons. The number of aromatic nitrogens is 1. The van der Waals surface area contributed by atoms with Crippen molar-refractivity contribution >= 4 is 33.2 Å². The molecule has 0 bridgehead atoms. The van der Waals surface area contributed by atoms with Gasteiger partial charge in [0.15, 0.2) is 5.78 Å². The first-order valence-electron chi connectivity index (χ1n) is 9.53. The lowest BCUT2D eigenvalue weighted by Gasteiger charge is -2.06. The minimum Gasteiger partial charge on any atom is -0.494 e. The Morgan fingerprint density at radius 1 is 1.07 bits per heavy atom. The summed E-state index contributed by atoms with van der Waals surface area (Å²) in [6, 6.07) is 15.1. The van der Waals surface area contributed by atoms with Crippen molar-refractivity contribution in [1.82, 2.24) is 10.3 Å². The van der Waals surface area contributed by atoms with E-state index in [2.05, 4.69) is 16.4 Å². The first-order valence-corrected chi connectivity index (χ1v) is 10.3. The number of Topliss-reactive ketones (excluding diaryl/α,β-unsaturated/α-hetero) is 1. The van der Waals surface area contributed by atoms with Crippen molar-refractivity contribution in [2.24, 2.45) is 0 Å². The van der Waals surface area contributed by atoms with E-state index < -0.39 is 0 Å². The average Bonchev–Trinajstić information content (AvgIpc) is 3.13. The Bertz CT molecular complexity index is 901. The molecule has 1 heterocycles. The second-order valence-corrected chi connectivity index (χ2v) is 7.52. The number of para-hydroxylation sites is 1. The Hall–Kier alpha value is -2.73. The first-order chi connectivity index (χ1) is 13.7. The van der Waals surface area contributed by atoms with Crippen LogP contribution in [0.15, 0.2) is 48.5 Å². The van der Waals surface area contributed by atoms with E-state index in [1.807, 2.05) is 25.1 Å². The fourth-order valence-electron chi connectivity index (χ4n) is 2.86. The molecule has 0 fully saturated rings. The highest BCUT2D eigenvalue weighted by molar-refractivity contribution is 7.18. The summed E-state index contributed by atoms with van der Waals surface area (Å²) in [5, 5.41) is 3.97. The third-order valence-corrected chi connectivity index (χ3v) is 5.39. The number of ketones is 1. The molecular weight excluding hydrogens is 372 g/mol. The van der Waals surface area contributed by atoms with Crippen molar-refractivity contribution in [3.05, 3.63) is 59.1 Å². The third kappa shape index (κ3) is 5.63. The van der Waals surface area contributed by atoms with Gasteiger partial charge < -0.3 is 10.1 Å². The van der Waals surface area contributed by atoms with Gasteiger partial charge in [-0.05, 0) is 49.7 Å². The maximum absolute atomic E-state index is 12.2. The Balaban J connectivity index is 1.35. The van der Waals surface area contributed by atoms with Gasteiger partial charge in [-0.1, -0.05) is 12.1 Å². The van der Waals surface area contributed by atoms with Crippen LogP contribution in [-0.2, 0) is 11.2 Å². The van der Waals surface area contributed by atoms with E-state index in [1.165, 1.54) is 4.70 Å². The molecular formula is C22H24N2O3S. The lowest BCUT2D eigenvalue weighted by Crippen LogP contribution is -2.25. The van der Waals surface area contributed by atoms with E-state index in [4.69, 9.17) is 4.74 Å². The quantitative estimate of drug-likeness (QED) is 0.407. The summed E-state index contributed by atoms with van der Waals surface area (Å²) >= 11 is 1.69. The van der Waals surface area contributed by atoms with Crippen LogP contribution in [-0.4, -0.2) is 29.8 Å². The maximum atomic E-state index is 12.2. The number of ether oxygens (including phenoxy) is 1.